The molecule has 0 spiro atoms. The van der Waals surface area contributed by atoms with Crippen molar-refractivity contribution >= 4 is 40.7 Å². The SMILES string of the molecule is CCn1c(=C(C#N)C(=O)NCC(F)(F)F)sc(=CNc2cccc(OCC(=O)OC)c2)c1=O. The first-order valence-corrected chi connectivity index (χ1v) is 10.2. The largest absolute Gasteiger partial charge is 0.482 e. The van der Waals surface area contributed by atoms with E-state index in [-0.39, 0.29) is 22.3 Å². The Labute approximate surface area is 189 Å². The van der Waals surface area contributed by atoms with Crippen molar-refractivity contribution in [1.82, 2.24) is 9.88 Å². The van der Waals surface area contributed by atoms with Crippen LogP contribution >= 0.6 is 11.3 Å². The lowest BCUT2D eigenvalue weighted by atomic mass is 10.3. The zero-order chi connectivity index (χ0) is 24.6. The molecule has 0 saturated heterocycles. The molecule has 33 heavy (non-hydrogen) atoms. The maximum Gasteiger partial charge on any atom is 0.405 e. The summed E-state index contributed by atoms with van der Waals surface area (Å²) < 4.78 is 48.1. The van der Waals surface area contributed by atoms with Crippen molar-refractivity contribution in [3.63, 3.8) is 0 Å². The third-order valence-corrected chi connectivity index (χ3v) is 5.14. The van der Waals surface area contributed by atoms with Crippen LogP contribution in [0.25, 0.3) is 11.8 Å². The number of esters is 1. The molecule has 0 unspecified atom stereocenters. The summed E-state index contributed by atoms with van der Waals surface area (Å²) in [6.45, 7) is -0.206. The molecule has 2 aromatic rings. The van der Waals surface area contributed by atoms with Gasteiger partial charge in [0.05, 0.1) is 7.11 Å². The number of rotatable bonds is 8. The number of hydrogen-bond donors (Lipinski definition) is 2. The summed E-state index contributed by atoms with van der Waals surface area (Å²) in [5.74, 6) is -1.43. The molecule has 1 heterocycles. The summed E-state index contributed by atoms with van der Waals surface area (Å²) in [6, 6.07) is 8.04. The third kappa shape index (κ3) is 7.11. The number of nitrogens with zero attached hydrogens (tertiary/aromatic N) is 2. The highest BCUT2D eigenvalue weighted by atomic mass is 32.1. The lowest BCUT2D eigenvalue weighted by Crippen LogP contribution is -2.37. The lowest BCUT2D eigenvalue weighted by Gasteiger charge is -2.07. The fourth-order valence-corrected chi connectivity index (χ4v) is 3.57. The topological polar surface area (TPSA) is 122 Å². The van der Waals surface area contributed by atoms with E-state index in [9.17, 15) is 32.8 Å². The van der Waals surface area contributed by atoms with Gasteiger partial charge in [-0.1, -0.05) is 6.07 Å². The zero-order valence-electron chi connectivity index (χ0n) is 17.5. The zero-order valence-corrected chi connectivity index (χ0v) is 18.3. The molecule has 176 valence electrons. The molecule has 0 aliphatic heterocycles. The molecular weight excluding hydrogens is 465 g/mol. The summed E-state index contributed by atoms with van der Waals surface area (Å²) in [6.07, 6.45) is -3.31. The molecule has 1 amide bonds. The molecule has 1 aromatic heterocycles. The minimum atomic E-state index is -4.64. The first-order chi connectivity index (χ1) is 15.6. The van der Waals surface area contributed by atoms with E-state index in [1.54, 1.807) is 42.6 Å². The second kappa shape index (κ2) is 11.2. The minimum Gasteiger partial charge on any atom is -0.482 e. The van der Waals surface area contributed by atoms with Crippen LogP contribution in [0.5, 0.6) is 5.75 Å². The van der Waals surface area contributed by atoms with Crippen molar-refractivity contribution < 1.29 is 32.2 Å². The van der Waals surface area contributed by atoms with Crippen LogP contribution in [0.15, 0.2) is 29.1 Å². The molecule has 0 fully saturated rings. The standard InChI is InChI=1S/C20H19F3N4O5S/c1-3-27-18(30)15(33-19(27)14(8-24)17(29)26-11-20(21,22)23)9-25-12-5-4-6-13(7-12)32-10-16(28)31-2/h4-7,9,25H,3,10-11H2,1-2H3,(H,26,29). The molecule has 1 aromatic carbocycles. The number of thiazole rings is 1. The van der Waals surface area contributed by atoms with Gasteiger partial charge >= 0.3 is 12.1 Å². The van der Waals surface area contributed by atoms with Gasteiger partial charge in [0, 0.05) is 24.5 Å². The first kappa shape index (κ1) is 25.5. The van der Waals surface area contributed by atoms with Crippen molar-refractivity contribution in [2.24, 2.45) is 0 Å². The number of carbonyl (C=O) groups is 2. The van der Waals surface area contributed by atoms with Gasteiger partial charge in [0.15, 0.2) is 12.2 Å². The summed E-state index contributed by atoms with van der Waals surface area (Å²) in [5.41, 5.74) is -0.623. The fourth-order valence-electron chi connectivity index (χ4n) is 2.48. The average molecular weight is 484 g/mol. The van der Waals surface area contributed by atoms with Crippen LogP contribution in [0.2, 0.25) is 0 Å². The van der Waals surface area contributed by atoms with Crippen LogP contribution in [-0.4, -0.2) is 42.9 Å². The number of anilines is 1. The predicted molar refractivity (Wildman–Crippen MR) is 114 cm³/mol. The van der Waals surface area contributed by atoms with Gasteiger partial charge in [-0.3, -0.25) is 14.2 Å². The molecular formula is C20H19F3N4O5S. The number of ether oxygens (including phenoxy) is 2. The molecule has 2 N–H and O–H groups in total. The molecule has 13 heteroatoms. The van der Waals surface area contributed by atoms with Crippen LogP contribution < -0.4 is 30.1 Å². The summed E-state index contributed by atoms with van der Waals surface area (Å²) in [4.78, 5) is 36.0. The Bertz CT molecular complexity index is 1240. The van der Waals surface area contributed by atoms with E-state index in [1.807, 2.05) is 0 Å². The smallest absolute Gasteiger partial charge is 0.405 e. The Hall–Kier alpha value is -3.79. The Balaban J connectivity index is 2.37. The van der Waals surface area contributed by atoms with E-state index < -0.39 is 35.7 Å². The van der Waals surface area contributed by atoms with Crippen LogP contribution in [0.4, 0.5) is 18.9 Å². The quantitative estimate of drug-likeness (QED) is 0.529. The molecule has 0 aliphatic carbocycles. The van der Waals surface area contributed by atoms with Gasteiger partial charge in [0.1, 0.15) is 27.6 Å². The van der Waals surface area contributed by atoms with Crippen LogP contribution in [0.1, 0.15) is 6.92 Å². The van der Waals surface area contributed by atoms with Crippen molar-refractivity contribution in [3.8, 4) is 11.8 Å². The summed E-state index contributed by atoms with van der Waals surface area (Å²) in [5, 5.41) is 13.8. The second-order valence-electron chi connectivity index (χ2n) is 6.29. The van der Waals surface area contributed by atoms with Crippen LogP contribution in [0.3, 0.4) is 0 Å². The number of alkyl halides is 3. The lowest BCUT2D eigenvalue weighted by molar-refractivity contribution is -0.142. The number of amides is 1. The monoisotopic (exact) mass is 484 g/mol. The highest BCUT2D eigenvalue weighted by Gasteiger charge is 2.28. The van der Waals surface area contributed by atoms with Crippen molar-refractivity contribution in [2.75, 3.05) is 25.6 Å². The number of benzene rings is 1. The fraction of sp³-hybridized carbons (Fsp3) is 0.300. The number of nitrogens with one attached hydrogen (secondary N) is 2. The number of nitriles is 1. The Morgan fingerprint density at radius 1 is 1.33 bits per heavy atom. The second-order valence-corrected chi connectivity index (χ2v) is 7.32. The van der Waals surface area contributed by atoms with Gasteiger partial charge in [0.2, 0.25) is 0 Å². The highest BCUT2D eigenvalue weighted by Crippen LogP contribution is 2.17. The maximum absolute atomic E-state index is 12.7. The summed E-state index contributed by atoms with van der Waals surface area (Å²) in [7, 11) is 1.23. The number of carbonyl (C=O) groups excluding carboxylic acids is 2. The Morgan fingerprint density at radius 3 is 2.67 bits per heavy atom. The number of hydrogen-bond acceptors (Lipinski definition) is 8. The van der Waals surface area contributed by atoms with E-state index >= 15 is 0 Å². The molecule has 0 atom stereocenters. The highest BCUT2D eigenvalue weighted by molar-refractivity contribution is 7.07. The van der Waals surface area contributed by atoms with E-state index in [0.29, 0.717) is 11.4 Å². The van der Waals surface area contributed by atoms with E-state index in [1.165, 1.54) is 13.3 Å². The average Bonchev–Trinajstić information content (AvgIpc) is 3.09. The maximum atomic E-state index is 12.7. The number of methoxy groups -OCH3 is 1. The Morgan fingerprint density at radius 2 is 2.06 bits per heavy atom. The van der Waals surface area contributed by atoms with Crippen LogP contribution in [-0.2, 0) is 20.9 Å². The van der Waals surface area contributed by atoms with Gasteiger partial charge in [-0.2, -0.15) is 18.4 Å². The van der Waals surface area contributed by atoms with Gasteiger partial charge in [-0.25, -0.2) is 4.79 Å². The molecule has 0 aliphatic rings. The Kier molecular flexibility index (Phi) is 8.63. The van der Waals surface area contributed by atoms with Crippen molar-refractivity contribution in [3.05, 3.63) is 43.8 Å². The van der Waals surface area contributed by atoms with Crippen LogP contribution in [0, 0.1) is 11.3 Å². The summed E-state index contributed by atoms with van der Waals surface area (Å²) >= 11 is 0.784. The van der Waals surface area contributed by atoms with Gasteiger partial charge in [-0.15, -0.1) is 11.3 Å². The number of halogens is 3. The normalized spacial score (nSPS) is 12.5. The van der Waals surface area contributed by atoms with Crippen molar-refractivity contribution in [1.29, 1.82) is 5.26 Å². The molecule has 2 rings (SSSR count). The van der Waals surface area contributed by atoms with Gasteiger partial charge in [-0.05, 0) is 19.1 Å². The predicted octanol–water partition coefficient (Wildman–Crippen LogP) is 0.684. The van der Waals surface area contributed by atoms with Gasteiger partial charge < -0.3 is 20.1 Å². The third-order valence-electron chi connectivity index (χ3n) is 4.01. The molecule has 9 nitrogen and oxygen atoms in total. The molecule has 0 saturated carbocycles. The van der Waals surface area contributed by atoms with E-state index in [0.717, 1.165) is 15.9 Å². The van der Waals surface area contributed by atoms with Crippen molar-refractivity contribution in [2.45, 2.75) is 19.6 Å². The minimum absolute atomic E-state index is 0.0621. The van der Waals surface area contributed by atoms with E-state index in [2.05, 4.69) is 10.1 Å². The number of aromatic nitrogens is 1. The molecule has 0 radical (unpaired) electrons. The first-order valence-electron chi connectivity index (χ1n) is 9.35. The van der Waals surface area contributed by atoms with E-state index in [4.69, 9.17) is 4.74 Å². The molecule has 0 bridgehead atoms. The van der Waals surface area contributed by atoms with Gasteiger partial charge in [0.25, 0.3) is 11.5 Å².